The Hall–Kier alpha value is -3.57. The van der Waals surface area contributed by atoms with Crippen molar-refractivity contribution in [2.75, 3.05) is 13.2 Å². The van der Waals surface area contributed by atoms with Crippen molar-refractivity contribution in [1.29, 1.82) is 0 Å². The molecule has 3 N–H and O–H groups in total. The van der Waals surface area contributed by atoms with Gasteiger partial charge in [-0.15, -0.1) is 0 Å². The summed E-state index contributed by atoms with van der Waals surface area (Å²) >= 11 is 5.75. The van der Waals surface area contributed by atoms with Crippen LogP contribution in [0.25, 0.3) is 10.9 Å². The molecule has 2 atom stereocenters. The Balaban J connectivity index is 1.43. The predicted molar refractivity (Wildman–Crippen MR) is 127 cm³/mol. The summed E-state index contributed by atoms with van der Waals surface area (Å²) in [6, 6.07) is 6.30. The van der Waals surface area contributed by atoms with E-state index in [9.17, 15) is 23.2 Å². The zero-order valence-corrected chi connectivity index (χ0v) is 20.0. The van der Waals surface area contributed by atoms with Crippen LogP contribution in [0.4, 0.5) is 8.78 Å². The number of fused-ring (bicyclic) bond motifs is 1. The third kappa shape index (κ3) is 5.97. The fourth-order valence-electron chi connectivity index (χ4n) is 3.93. The minimum Gasteiger partial charge on any atom is -0.489 e. The third-order valence-electron chi connectivity index (χ3n) is 5.61. The Morgan fingerprint density at radius 2 is 2.03 bits per heavy atom. The second-order valence-electron chi connectivity index (χ2n) is 8.34. The van der Waals surface area contributed by atoms with E-state index in [1.807, 2.05) is 0 Å². The lowest BCUT2D eigenvalue weighted by molar-refractivity contribution is -0.119. The molecule has 1 aliphatic rings. The minimum absolute atomic E-state index is 0.0182. The lowest BCUT2D eigenvalue weighted by Gasteiger charge is -2.13. The lowest BCUT2D eigenvalue weighted by atomic mass is 10.1. The fourth-order valence-corrected chi connectivity index (χ4v) is 4.13. The van der Waals surface area contributed by atoms with E-state index >= 15 is 0 Å². The molecule has 1 fully saturated rings. The van der Waals surface area contributed by atoms with E-state index in [1.165, 1.54) is 31.2 Å². The molecule has 2 aromatic carbocycles. The van der Waals surface area contributed by atoms with Crippen molar-refractivity contribution in [3.05, 3.63) is 68.7 Å². The zero-order chi connectivity index (χ0) is 25.8. The summed E-state index contributed by atoms with van der Waals surface area (Å²) in [6.07, 6.45) is 0.846. The number of halogens is 3. The van der Waals surface area contributed by atoms with Gasteiger partial charge in [0, 0.05) is 19.9 Å². The molecule has 12 heteroatoms. The molecular formula is C24H23ClF2N4O5. The smallest absolute Gasteiger partial charge is 0.287 e. The van der Waals surface area contributed by atoms with Gasteiger partial charge in [0.05, 0.1) is 35.9 Å². The van der Waals surface area contributed by atoms with Crippen molar-refractivity contribution in [2.24, 2.45) is 0 Å². The number of benzene rings is 2. The molecule has 0 aliphatic carbocycles. The summed E-state index contributed by atoms with van der Waals surface area (Å²) < 4.78 is 39.0. The van der Waals surface area contributed by atoms with Crippen molar-refractivity contribution < 1.29 is 27.8 Å². The monoisotopic (exact) mass is 520 g/mol. The molecule has 3 aromatic rings. The Bertz CT molecular complexity index is 1370. The first kappa shape index (κ1) is 25.5. The summed E-state index contributed by atoms with van der Waals surface area (Å²) in [6.45, 7) is 1.90. The third-order valence-corrected chi connectivity index (χ3v) is 5.89. The highest BCUT2D eigenvalue weighted by Gasteiger charge is 2.26. The van der Waals surface area contributed by atoms with Crippen LogP contribution in [0, 0.1) is 11.6 Å². The molecule has 0 bridgehead atoms. The number of amides is 2. The molecule has 0 radical (unpaired) electrons. The highest BCUT2D eigenvalue weighted by molar-refractivity contribution is 6.30. The molecule has 190 valence electrons. The minimum atomic E-state index is -0.747. The number of nitrogens with zero attached hydrogens (tertiary/aromatic N) is 1. The Kier molecular flexibility index (Phi) is 7.80. The lowest BCUT2D eigenvalue weighted by Crippen LogP contribution is -2.33. The summed E-state index contributed by atoms with van der Waals surface area (Å²) in [5, 5.41) is 5.14. The molecule has 0 spiro atoms. The number of aromatic amines is 1. The Morgan fingerprint density at radius 3 is 2.78 bits per heavy atom. The molecule has 9 nitrogen and oxygen atoms in total. The van der Waals surface area contributed by atoms with Crippen LogP contribution in [0.5, 0.6) is 5.75 Å². The number of H-pyrrole nitrogens is 1. The van der Waals surface area contributed by atoms with Gasteiger partial charge in [0.1, 0.15) is 11.2 Å². The maximum absolute atomic E-state index is 14.5. The van der Waals surface area contributed by atoms with Gasteiger partial charge >= 0.3 is 0 Å². The number of hydrogen-bond donors (Lipinski definition) is 3. The quantitative estimate of drug-likeness (QED) is 0.420. The topological polar surface area (TPSA) is 122 Å². The maximum Gasteiger partial charge on any atom is 0.287 e. The van der Waals surface area contributed by atoms with Gasteiger partial charge in [0.2, 0.25) is 5.91 Å². The Labute approximate surface area is 209 Å². The Morgan fingerprint density at radius 1 is 1.25 bits per heavy atom. The number of carbonyl (C=O) groups is 2. The van der Waals surface area contributed by atoms with Crippen LogP contribution < -0.4 is 20.9 Å². The maximum atomic E-state index is 14.5. The van der Waals surface area contributed by atoms with Gasteiger partial charge in [-0.3, -0.25) is 14.4 Å². The van der Waals surface area contributed by atoms with Crippen molar-refractivity contribution in [2.45, 2.75) is 38.5 Å². The van der Waals surface area contributed by atoms with Crippen molar-refractivity contribution in [3.63, 3.8) is 0 Å². The number of ether oxygens (including phenoxy) is 2. The van der Waals surface area contributed by atoms with Crippen LogP contribution in [0.2, 0.25) is 5.02 Å². The standard InChI is InChI=1S/C24H23ClF2N4O5/c1-12(32)29-14-9-15(36-11-14)6-7-35-21-18(27)4-5-19-20(21)23(33)31-22(30-19)24(34)28-10-13-2-3-17(26)16(25)8-13/h2-5,8,14-15H,6-7,9-11H2,1H3,(H,28,34)(H,29,32)(H,30,31,33). The first-order valence-electron chi connectivity index (χ1n) is 11.2. The molecule has 36 heavy (non-hydrogen) atoms. The van der Waals surface area contributed by atoms with Crippen LogP contribution in [-0.2, 0) is 16.1 Å². The van der Waals surface area contributed by atoms with E-state index in [1.54, 1.807) is 0 Å². The first-order chi connectivity index (χ1) is 17.2. The fraction of sp³-hybridized carbons (Fsp3) is 0.333. The number of rotatable bonds is 8. The van der Waals surface area contributed by atoms with E-state index in [-0.39, 0.29) is 58.7 Å². The van der Waals surface area contributed by atoms with E-state index < -0.39 is 23.1 Å². The summed E-state index contributed by atoms with van der Waals surface area (Å²) in [5.41, 5.74) is -0.120. The molecule has 2 unspecified atom stereocenters. The number of aromatic nitrogens is 2. The first-order valence-corrected chi connectivity index (χ1v) is 11.5. The number of hydrogen-bond acceptors (Lipinski definition) is 6. The molecule has 1 aliphatic heterocycles. The van der Waals surface area contributed by atoms with Crippen LogP contribution in [0.1, 0.15) is 35.9 Å². The van der Waals surface area contributed by atoms with Gasteiger partial charge in [-0.1, -0.05) is 17.7 Å². The summed E-state index contributed by atoms with van der Waals surface area (Å²) in [4.78, 5) is 43.0. The number of carbonyl (C=O) groups excluding carboxylic acids is 2. The molecule has 2 amide bonds. The zero-order valence-electron chi connectivity index (χ0n) is 19.2. The van der Waals surface area contributed by atoms with Crippen molar-refractivity contribution in [3.8, 4) is 5.75 Å². The highest BCUT2D eigenvalue weighted by Crippen LogP contribution is 2.26. The average Bonchev–Trinajstić information content (AvgIpc) is 3.27. The van der Waals surface area contributed by atoms with E-state index in [4.69, 9.17) is 21.1 Å². The summed E-state index contributed by atoms with van der Waals surface area (Å²) in [7, 11) is 0. The van der Waals surface area contributed by atoms with Crippen LogP contribution in [-0.4, -0.2) is 47.1 Å². The molecule has 1 aromatic heterocycles. The van der Waals surface area contributed by atoms with Crippen LogP contribution in [0.3, 0.4) is 0 Å². The molecule has 1 saturated heterocycles. The van der Waals surface area contributed by atoms with Gasteiger partial charge in [-0.25, -0.2) is 13.8 Å². The van der Waals surface area contributed by atoms with Gasteiger partial charge < -0.3 is 25.1 Å². The predicted octanol–water partition coefficient (Wildman–Crippen LogP) is 2.85. The van der Waals surface area contributed by atoms with E-state index in [0.29, 0.717) is 25.0 Å². The molecule has 2 heterocycles. The molecule has 0 saturated carbocycles. The highest BCUT2D eigenvalue weighted by atomic mass is 35.5. The normalized spacial score (nSPS) is 17.2. The molecular weight excluding hydrogens is 498 g/mol. The second kappa shape index (κ2) is 11.0. The SMILES string of the molecule is CC(=O)NC1COC(CCOc2c(F)ccc3nc(C(=O)NCc4ccc(F)c(Cl)c4)[nH]c(=O)c23)C1. The van der Waals surface area contributed by atoms with E-state index in [0.717, 1.165) is 6.07 Å². The summed E-state index contributed by atoms with van der Waals surface area (Å²) in [5.74, 6) is -2.70. The molecule has 4 rings (SSSR count). The van der Waals surface area contributed by atoms with Gasteiger partial charge in [-0.2, -0.15) is 0 Å². The van der Waals surface area contributed by atoms with Crippen LogP contribution >= 0.6 is 11.6 Å². The van der Waals surface area contributed by atoms with Crippen molar-refractivity contribution in [1.82, 2.24) is 20.6 Å². The van der Waals surface area contributed by atoms with Crippen molar-refractivity contribution >= 4 is 34.3 Å². The largest absolute Gasteiger partial charge is 0.489 e. The second-order valence-corrected chi connectivity index (χ2v) is 8.75. The van der Waals surface area contributed by atoms with Gasteiger partial charge in [-0.05, 0) is 36.2 Å². The van der Waals surface area contributed by atoms with Crippen LogP contribution in [0.15, 0.2) is 35.1 Å². The van der Waals surface area contributed by atoms with E-state index in [2.05, 4.69) is 20.6 Å². The average molecular weight is 521 g/mol. The number of nitrogens with one attached hydrogen (secondary N) is 3. The van der Waals surface area contributed by atoms with Gasteiger partial charge in [0.25, 0.3) is 11.5 Å². The van der Waals surface area contributed by atoms with Gasteiger partial charge in [0.15, 0.2) is 17.4 Å².